The van der Waals surface area contributed by atoms with Crippen LogP contribution in [0.4, 0.5) is 0 Å². The van der Waals surface area contributed by atoms with Gasteiger partial charge in [-0.25, -0.2) is 0 Å². The van der Waals surface area contributed by atoms with Gasteiger partial charge in [0.2, 0.25) is 0 Å². The van der Waals surface area contributed by atoms with Crippen LogP contribution >= 0.6 is 0 Å². The van der Waals surface area contributed by atoms with Crippen LogP contribution in [-0.4, -0.2) is 60.0 Å². The zero-order valence-electron chi connectivity index (χ0n) is 13.5. The fourth-order valence-electron chi connectivity index (χ4n) is 3.07. The Balaban J connectivity index is 1.62. The van der Waals surface area contributed by atoms with Gasteiger partial charge in [0, 0.05) is 24.7 Å². The Morgan fingerprint density at radius 3 is 2.70 bits per heavy atom. The van der Waals surface area contributed by atoms with Gasteiger partial charge in [-0.3, -0.25) is 4.90 Å². The molecule has 1 unspecified atom stereocenters. The van der Waals surface area contributed by atoms with E-state index in [1.807, 2.05) is 0 Å². The van der Waals surface area contributed by atoms with E-state index in [9.17, 15) is 5.11 Å². The molecule has 0 aromatic heterocycles. The van der Waals surface area contributed by atoms with E-state index in [1.54, 1.807) is 0 Å². The number of hydrogen-bond acceptors (Lipinski definition) is 4. The van der Waals surface area contributed by atoms with Gasteiger partial charge >= 0.3 is 0 Å². The molecule has 2 fully saturated rings. The summed E-state index contributed by atoms with van der Waals surface area (Å²) in [6, 6.07) is 0.659. The van der Waals surface area contributed by atoms with Crippen LogP contribution in [0.25, 0.3) is 0 Å². The quantitative estimate of drug-likeness (QED) is 0.667. The minimum Gasteiger partial charge on any atom is -0.394 e. The highest BCUT2D eigenvalue weighted by atomic mass is 16.5. The van der Waals surface area contributed by atoms with Crippen molar-refractivity contribution in [3.05, 3.63) is 0 Å². The van der Waals surface area contributed by atoms with Crippen molar-refractivity contribution in [2.75, 3.05) is 32.8 Å². The van der Waals surface area contributed by atoms with E-state index in [2.05, 4.69) is 31.0 Å². The molecule has 0 radical (unpaired) electrons. The van der Waals surface area contributed by atoms with Gasteiger partial charge < -0.3 is 15.2 Å². The lowest BCUT2D eigenvalue weighted by molar-refractivity contribution is -0.0861. The first-order chi connectivity index (χ1) is 9.42. The highest BCUT2D eigenvalue weighted by Gasteiger charge is 2.31. The number of hydrogen-bond donors (Lipinski definition) is 2. The molecule has 0 aromatic carbocycles. The van der Waals surface area contributed by atoms with Gasteiger partial charge in [0.15, 0.2) is 0 Å². The molecule has 2 aliphatic rings. The number of aliphatic hydroxyl groups excluding tert-OH is 1. The second-order valence-corrected chi connectivity index (χ2v) is 7.48. The molecule has 1 aliphatic carbocycles. The second kappa shape index (κ2) is 6.73. The average molecular weight is 284 g/mol. The van der Waals surface area contributed by atoms with Crippen molar-refractivity contribution in [2.45, 2.75) is 70.1 Å². The molecule has 0 spiro atoms. The standard InChI is InChI=1S/C16H32N2O2/c1-15(2)12-18(10-11-20-15)9-5-4-8-16(3,13-19)17-14-6-7-14/h14,17,19H,4-13H2,1-3H3. The van der Waals surface area contributed by atoms with E-state index in [4.69, 9.17) is 4.74 Å². The predicted molar refractivity (Wildman–Crippen MR) is 82.0 cm³/mol. The molecule has 0 bridgehead atoms. The molecule has 118 valence electrons. The van der Waals surface area contributed by atoms with Crippen LogP contribution in [0.5, 0.6) is 0 Å². The third kappa shape index (κ3) is 5.32. The normalized spacial score (nSPS) is 26.4. The molecule has 0 amide bonds. The van der Waals surface area contributed by atoms with Gasteiger partial charge in [-0.1, -0.05) is 6.42 Å². The van der Waals surface area contributed by atoms with Crippen LogP contribution in [0.2, 0.25) is 0 Å². The zero-order valence-corrected chi connectivity index (χ0v) is 13.5. The molecule has 1 saturated carbocycles. The van der Waals surface area contributed by atoms with E-state index in [0.29, 0.717) is 6.04 Å². The fourth-order valence-corrected chi connectivity index (χ4v) is 3.07. The second-order valence-electron chi connectivity index (χ2n) is 7.48. The lowest BCUT2D eigenvalue weighted by Crippen LogP contribution is -2.49. The van der Waals surface area contributed by atoms with Crippen molar-refractivity contribution in [1.29, 1.82) is 0 Å². The molecular formula is C16H32N2O2. The first-order valence-electron chi connectivity index (χ1n) is 8.17. The largest absolute Gasteiger partial charge is 0.394 e. The first-order valence-corrected chi connectivity index (χ1v) is 8.17. The van der Waals surface area contributed by atoms with Crippen LogP contribution in [0, 0.1) is 0 Å². The molecule has 1 aliphatic heterocycles. The van der Waals surface area contributed by atoms with E-state index in [0.717, 1.165) is 32.7 Å². The molecule has 2 rings (SSSR count). The summed E-state index contributed by atoms with van der Waals surface area (Å²) in [7, 11) is 0. The average Bonchev–Trinajstić information content (AvgIpc) is 3.17. The van der Waals surface area contributed by atoms with Gasteiger partial charge in [0.1, 0.15) is 0 Å². The maximum Gasteiger partial charge on any atom is 0.0753 e. The van der Waals surface area contributed by atoms with E-state index in [-0.39, 0.29) is 17.7 Å². The molecular weight excluding hydrogens is 252 g/mol. The third-order valence-electron chi connectivity index (χ3n) is 4.44. The van der Waals surface area contributed by atoms with Crippen LogP contribution in [0.15, 0.2) is 0 Å². The Hall–Kier alpha value is -0.160. The zero-order chi connectivity index (χ0) is 14.6. The van der Waals surface area contributed by atoms with Crippen LogP contribution in [0.3, 0.4) is 0 Å². The Bertz CT molecular complexity index is 305. The summed E-state index contributed by atoms with van der Waals surface area (Å²) in [6.07, 6.45) is 6.00. The summed E-state index contributed by atoms with van der Waals surface area (Å²) >= 11 is 0. The number of nitrogens with zero attached hydrogens (tertiary/aromatic N) is 1. The Labute approximate surface area is 123 Å². The Morgan fingerprint density at radius 1 is 1.35 bits per heavy atom. The van der Waals surface area contributed by atoms with Gasteiger partial charge in [0.25, 0.3) is 0 Å². The number of rotatable bonds is 8. The summed E-state index contributed by atoms with van der Waals surface area (Å²) in [5.74, 6) is 0. The van der Waals surface area contributed by atoms with Gasteiger partial charge in [-0.2, -0.15) is 0 Å². The highest BCUT2D eigenvalue weighted by Crippen LogP contribution is 2.25. The topological polar surface area (TPSA) is 44.7 Å². The number of nitrogens with one attached hydrogen (secondary N) is 1. The maximum absolute atomic E-state index is 9.59. The Morgan fingerprint density at radius 2 is 2.10 bits per heavy atom. The minimum absolute atomic E-state index is 0.00535. The molecule has 2 N–H and O–H groups in total. The van der Waals surface area contributed by atoms with E-state index in [1.165, 1.54) is 25.7 Å². The van der Waals surface area contributed by atoms with Crippen molar-refractivity contribution in [3.63, 3.8) is 0 Å². The fraction of sp³-hybridized carbons (Fsp3) is 1.00. The van der Waals surface area contributed by atoms with Crippen molar-refractivity contribution in [1.82, 2.24) is 10.2 Å². The smallest absolute Gasteiger partial charge is 0.0753 e. The predicted octanol–water partition coefficient (Wildman–Crippen LogP) is 1.77. The van der Waals surface area contributed by atoms with Crippen LogP contribution < -0.4 is 5.32 Å². The van der Waals surface area contributed by atoms with E-state index >= 15 is 0 Å². The van der Waals surface area contributed by atoms with Crippen molar-refractivity contribution in [2.24, 2.45) is 0 Å². The third-order valence-corrected chi connectivity index (χ3v) is 4.44. The summed E-state index contributed by atoms with van der Waals surface area (Å²) in [5, 5.41) is 13.2. The summed E-state index contributed by atoms with van der Waals surface area (Å²) in [5.41, 5.74) is -0.0726. The highest BCUT2D eigenvalue weighted by molar-refractivity contribution is 4.92. The monoisotopic (exact) mass is 284 g/mol. The summed E-state index contributed by atoms with van der Waals surface area (Å²) in [4.78, 5) is 2.51. The van der Waals surface area contributed by atoms with Crippen LogP contribution in [-0.2, 0) is 4.74 Å². The first kappa shape index (κ1) is 16.2. The molecule has 4 nitrogen and oxygen atoms in total. The molecule has 4 heteroatoms. The summed E-state index contributed by atoms with van der Waals surface area (Å²) in [6.45, 7) is 10.8. The maximum atomic E-state index is 9.59. The van der Waals surface area contributed by atoms with Gasteiger partial charge in [0.05, 0.1) is 18.8 Å². The SMILES string of the molecule is CC(CO)(CCCCN1CCOC(C)(C)C1)NC1CC1. The number of ether oxygens (including phenoxy) is 1. The summed E-state index contributed by atoms with van der Waals surface area (Å²) < 4.78 is 5.74. The van der Waals surface area contributed by atoms with Gasteiger partial charge in [-0.05, 0) is 53.0 Å². The molecule has 1 heterocycles. The van der Waals surface area contributed by atoms with Crippen molar-refractivity contribution >= 4 is 0 Å². The molecule has 1 atom stereocenters. The molecule has 20 heavy (non-hydrogen) atoms. The van der Waals surface area contributed by atoms with Gasteiger partial charge in [-0.15, -0.1) is 0 Å². The van der Waals surface area contributed by atoms with E-state index < -0.39 is 0 Å². The minimum atomic E-state index is -0.0779. The van der Waals surface area contributed by atoms with Crippen LogP contribution in [0.1, 0.15) is 52.9 Å². The number of unbranched alkanes of at least 4 members (excludes halogenated alkanes) is 1. The lowest BCUT2D eigenvalue weighted by Gasteiger charge is -2.38. The molecule has 0 aromatic rings. The number of aliphatic hydroxyl groups is 1. The molecule has 1 saturated heterocycles. The van der Waals surface area contributed by atoms with Crippen molar-refractivity contribution in [3.8, 4) is 0 Å². The number of morpholine rings is 1. The Kier molecular flexibility index (Phi) is 5.46. The lowest BCUT2D eigenvalue weighted by atomic mass is 9.95. The van der Waals surface area contributed by atoms with Crippen molar-refractivity contribution < 1.29 is 9.84 Å².